The van der Waals surface area contributed by atoms with E-state index in [0.717, 1.165) is 44.4 Å². The molecule has 0 bridgehead atoms. The number of hydrogen-bond acceptors (Lipinski definition) is 3. The molecule has 128 valence electrons. The van der Waals surface area contributed by atoms with E-state index in [2.05, 4.69) is 6.26 Å². The number of rotatable bonds is 5. The first-order chi connectivity index (χ1) is 11.1. The zero-order valence-electron chi connectivity index (χ0n) is 14.0. The van der Waals surface area contributed by atoms with Crippen molar-refractivity contribution in [3.8, 4) is 0 Å². The number of aromatic nitrogens is 1. The predicted molar refractivity (Wildman–Crippen MR) is 94.6 cm³/mol. The summed E-state index contributed by atoms with van der Waals surface area (Å²) in [5.41, 5.74) is -0.517. The van der Waals surface area contributed by atoms with Crippen molar-refractivity contribution in [2.75, 3.05) is 25.1 Å². The number of piperidine rings is 1. The molecule has 3 atom stereocenters. The van der Waals surface area contributed by atoms with Gasteiger partial charge in [0.25, 0.3) is 0 Å². The molecule has 1 saturated heterocycles. The van der Waals surface area contributed by atoms with E-state index < -0.39 is 5.60 Å². The Morgan fingerprint density at radius 1 is 1.35 bits per heavy atom. The maximum absolute atomic E-state index is 13.1. The first-order valence-electron chi connectivity index (χ1n) is 8.76. The van der Waals surface area contributed by atoms with Crippen LogP contribution in [-0.2, 0) is 4.79 Å². The number of amides is 1. The van der Waals surface area contributed by atoms with Crippen LogP contribution < -0.4 is 0 Å². The Kier molecular flexibility index (Phi) is 5.37. The van der Waals surface area contributed by atoms with Gasteiger partial charge in [0.15, 0.2) is 0 Å². The van der Waals surface area contributed by atoms with E-state index in [4.69, 9.17) is 0 Å². The van der Waals surface area contributed by atoms with Gasteiger partial charge in [0.05, 0.1) is 5.60 Å². The minimum absolute atomic E-state index is 0.104. The number of likely N-dealkylation sites (tertiary alicyclic amines) is 1. The number of carbonyl (C=O) groups excluding carboxylic acids is 1. The normalized spacial score (nSPS) is 29.1. The van der Waals surface area contributed by atoms with Crippen molar-refractivity contribution < 1.29 is 9.90 Å². The highest BCUT2D eigenvalue weighted by Gasteiger charge is 2.44. The Hall–Kier alpha value is -0.940. The zero-order chi connectivity index (χ0) is 16.3. The third-order valence-corrected chi connectivity index (χ3v) is 6.25. The van der Waals surface area contributed by atoms with Crippen LogP contribution in [0.3, 0.4) is 0 Å². The molecule has 1 N–H and O–H groups in total. The molecule has 0 aromatic carbocycles. The lowest BCUT2D eigenvalue weighted by Gasteiger charge is -2.48. The summed E-state index contributed by atoms with van der Waals surface area (Å²) >= 11 is 1.78. The first-order valence-corrected chi connectivity index (χ1v) is 10.2. The fraction of sp³-hybridized carbons (Fsp3) is 0.722. The second-order valence-electron chi connectivity index (χ2n) is 7.01. The summed E-state index contributed by atoms with van der Waals surface area (Å²) in [5.74, 6) is 1.47. The van der Waals surface area contributed by atoms with E-state index in [1.807, 2.05) is 34.0 Å². The van der Waals surface area contributed by atoms with Gasteiger partial charge in [0.1, 0.15) is 6.04 Å². The van der Waals surface area contributed by atoms with Gasteiger partial charge in [0.2, 0.25) is 5.91 Å². The standard InChI is InChI=1S/C18H28N2O2S/c1-23-13-7-16(19-10-4-5-11-19)17(21)20-12-9-18(22)8-3-2-6-15(18)14-20/h4-5,10-11,15-16,22H,2-3,6-9,12-14H2,1H3/t15-,16+,18+/m0/s1. The number of aliphatic hydroxyl groups is 1. The molecule has 1 amide bonds. The third-order valence-electron chi connectivity index (χ3n) is 5.61. The summed E-state index contributed by atoms with van der Waals surface area (Å²) in [4.78, 5) is 15.1. The molecule has 2 heterocycles. The average Bonchev–Trinajstić information content (AvgIpc) is 3.08. The lowest BCUT2D eigenvalue weighted by atomic mass is 9.71. The summed E-state index contributed by atoms with van der Waals surface area (Å²) < 4.78 is 2.04. The van der Waals surface area contributed by atoms with Crippen LogP contribution >= 0.6 is 11.8 Å². The van der Waals surface area contributed by atoms with Gasteiger partial charge in [-0.3, -0.25) is 4.79 Å². The molecular weight excluding hydrogens is 308 g/mol. The first kappa shape index (κ1) is 16.9. The summed E-state index contributed by atoms with van der Waals surface area (Å²) in [7, 11) is 0. The minimum Gasteiger partial charge on any atom is -0.389 e. The van der Waals surface area contributed by atoms with Crippen LogP contribution in [0.15, 0.2) is 24.5 Å². The molecule has 1 aromatic rings. The molecule has 3 rings (SSSR count). The van der Waals surface area contributed by atoms with Crippen molar-refractivity contribution in [3.05, 3.63) is 24.5 Å². The van der Waals surface area contributed by atoms with Gasteiger partial charge in [0, 0.05) is 31.4 Å². The minimum atomic E-state index is -0.517. The van der Waals surface area contributed by atoms with E-state index in [-0.39, 0.29) is 17.9 Å². The van der Waals surface area contributed by atoms with Crippen LogP contribution in [0.4, 0.5) is 0 Å². The van der Waals surface area contributed by atoms with Crippen molar-refractivity contribution in [1.82, 2.24) is 9.47 Å². The monoisotopic (exact) mass is 336 g/mol. The largest absolute Gasteiger partial charge is 0.389 e. The number of fused-ring (bicyclic) bond motifs is 1. The average molecular weight is 337 g/mol. The van der Waals surface area contributed by atoms with Crippen molar-refractivity contribution in [1.29, 1.82) is 0 Å². The highest BCUT2D eigenvalue weighted by molar-refractivity contribution is 7.98. The number of hydrogen-bond donors (Lipinski definition) is 1. The van der Waals surface area contributed by atoms with Gasteiger partial charge in [-0.15, -0.1) is 0 Å². The lowest BCUT2D eigenvalue weighted by Crippen LogP contribution is -2.55. The highest BCUT2D eigenvalue weighted by Crippen LogP contribution is 2.40. The summed E-state index contributed by atoms with van der Waals surface area (Å²) in [6, 6.07) is 3.86. The van der Waals surface area contributed by atoms with Crippen LogP contribution in [0.1, 0.15) is 44.6 Å². The van der Waals surface area contributed by atoms with Crippen molar-refractivity contribution in [2.24, 2.45) is 5.92 Å². The number of carbonyl (C=O) groups is 1. The second kappa shape index (κ2) is 7.31. The van der Waals surface area contributed by atoms with Gasteiger partial charge in [-0.05, 0) is 49.8 Å². The van der Waals surface area contributed by atoms with Crippen molar-refractivity contribution >= 4 is 17.7 Å². The fourth-order valence-corrected chi connectivity index (χ4v) is 4.63. The third kappa shape index (κ3) is 3.61. The smallest absolute Gasteiger partial charge is 0.245 e. The van der Waals surface area contributed by atoms with Gasteiger partial charge in [-0.2, -0.15) is 11.8 Å². The molecular formula is C18H28N2O2S. The van der Waals surface area contributed by atoms with Crippen LogP contribution in [-0.4, -0.2) is 51.2 Å². The van der Waals surface area contributed by atoms with Crippen LogP contribution in [0, 0.1) is 5.92 Å². The predicted octanol–water partition coefficient (Wildman–Crippen LogP) is 2.94. The Morgan fingerprint density at radius 3 is 2.87 bits per heavy atom. The van der Waals surface area contributed by atoms with E-state index >= 15 is 0 Å². The molecule has 0 spiro atoms. The van der Waals surface area contributed by atoms with Gasteiger partial charge < -0.3 is 14.6 Å². The lowest BCUT2D eigenvalue weighted by molar-refractivity contribution is -0.146. The van der Waals surface area contributed by atoms with Crippen molar-refractivity contribution in [2.45, 2.75) is 50.2 Å². The molecule has 0 unspecified atom stereocenters. The van der Waals surface area contributed by atoms with Gasteiger partial charge in [-0.25, -0.2) is 0 Å². The fourth-order valence-electron chi connectivity index (χ4n) is 4.17. The molecule has 0 radical (unpaired) electrons. The Bertz CT molecular complexity index is 519. The van der Waals surface area contributed by atoms with E-state index in [9.17, 15) is 9.90 Å². The van der Waals surface area contributed by atoms with Crippen LogP contribution in [0.2, 0.25) is 0 Å². The molecule has 23 heavy (non-hydrogen) atoms. The molecule has 5 heteroatoms. The van der Waals surface area contributed by atoms with Gasteiger partial charge in [-0.1, -0.05) is 12.8 Å². The number of nitrogens with zero attached hydrogens (tertiary/aromatic N) is 2. The molecule has 1 aliphatic carbocycles. The SMILES string of the molecule is CSCC[C@H](C(=O)N1CC[C@]2(O)CCCC[C@H]2C1)n1cccc1. The van der Waals surface area contributed by atoms with E-state index in [1.54, 1.807) is 11.8 Å². The highest BCUT2D eigenvalue weighted by atomic mass is 32.2. The van der Waals surface area contributed by atoms with E-state index in [1.165, 1.54) is 6.42 Å². The molecule has 4 nitrogen and oxygen atoms in total. The van der Waals surface area contributed by atoms with Gasteiger partial charge >= 0.3 is 0 Å². The molecule has 2 aliphatic rings. The topological polar surface area (TPSA) is 45.5 Å². The quantitative estimate of drug-likeness (QED) is 0.899. The second-order valence-corrected chi connectivity index (χ2v) is 7.99. The Labute approximate surface area is 143 Å². The molecule has 1 aromatic heterocycles. The molecule has 2 fully saturated rings. The maximum Gasteiger partial charge on any atom is 0.245 e. The zero-order valence-corrected chi connectivity index (χ0v) is 14.8. The van der Waals surface area contributed by atoms with Crippen molar-refractivity contribution in [3.63, 3.8) is 0 Å². The van der Waals surface area contributed by atoms with E-state index in [0.29, 0.717) is 6.54 Å². The maximum atomic E-state index is 13.1. The molecule has 1 aliphatic heterocycles. The number of thioether (sulfide) groups is 1. The summed E-state index contributed by atoms with van der Waals surface area (Å²) in [6.07, 6.45) is 11.9. The summed E-state index contributed by atoms with van der Waals surface area (Å²) in [5, 5.41) is 10.8. The summed E-state index contributed by atoms with van der Waals surface area (Å²) in [6.45, 7) is 1.43. The van der Waals surface area contributed by atoms with Crippen LogP contribution in [0.5, 0.6) is 0 Å². The Morgan fingerprint density at radius 2 is 2.13 bits per heavy atom. The molecule has 1 saturated carbocycles. The van der Waals surface area contributed by atoms with Crippen LogP contribution in [0.25, 0.3) is 0 Å². The Balaban J connectivity index is 1.70.